The molecule has 2 heterocycles. The predicted molar refractivity (Wildman–Crippen MR) is 87.0 cm³/mol. The Kier molecular flexibility index (Phi) is 3.69. The molecule has 23 heavy (non-hydrogen) atoms. The molecule has 1 unspecified atom stereocenters. The normalized spacial score (nSPS) is 16.6. The molecule has 0 bridgehead atoms. The minimum atomic E-state index is -0.491. The van der Waals surface area contributed by atoms with Gasteiger partial charge in [0.1, 0.15) is 6.04 Å². The van der Waals surface area contributed by atoms with E-state index in [4.69, 9.17) is 0 Å². The number of nitriles is 1. The molecular weight excluding hydrogens is 288 g/mol. The van der Waals surface area contributed by atoms with Crippen molar-refractivity contribution in [3.63, 3.8) is 0 Å². The first kappa shape index (κ1) is 15.3. The minimum absolute atomic E-state index is 0.0381. The number of benzene rings is 1. The van der Waals surface area contributed by atoms with E-state index in [9.17, 15) is 10.1 Å². The van der Waals surface area contributed by atoms with E-state index in [1.807, 2.05) is 50.7 Å². The van der Waals surface area contributed by atoms with Gasteiger partial charge in [0.05, 0.1) is 11.8 Å². The fourth-order valence-electron chi connectivity index (χ4n) is 3.42. The molecule has 1 aliphatic rings. The Bertz CT molecular complexity index is 828. The lowest BCUT2D eigenvalue weighted by Gasteiger charge is -2.20. The SMILES string of the molecule is Cc1cccc2c1C(=O)N(CCc1c(C)nn(C)c1C)C2C#N. The first-order valence-corrected chi connectivity index (χ1v) is 7.75. The minimum Gasteiger partial charge on any atom is -0.318 e. The molecule has 3 rings (SSSR count). The van der Waals surface area contributed by atoms with Crippen LogP contribution in [-0.2, 0) is 13.5 Å². The van der Waals surface area contributed by atoms with Gasteiger partial charge in [0, 0.05) is 30.4 Å². The van der Waals surface area contributed by atoms with Crippen LogP contribution in [-0.4, -0.2) is 27.1 Å². The fraction of sp³-hybridized carbons (Fsp3) is 0.389. The quantitative estimate of drug-likeness (QED) is 0.875. The highest BCUT2D eigenvalue weighted by Crippen LogP contribution is 2.35. The molecule has 118 valence electrons. The Balaban J connectivity index is 1.88. The van der Waals surface area contributed by atoms with Crippen LogP contribution in [0, 0.1) is 32.1 Å². The summed E-state index contributed by atoms with van der Waals surface area (Å²) in [5, 5.41) is 14.0. The zero-order valence-corrected chi connectivity index (χ0v) is 13.9. The average Bonchev–Trinajstić information content (AvgIpc) is 2.93. The molecule has 5 heteroatoms. The second-order valence-corrected chi connectivity index (χ2v) is 6.09. The number of aromatic nitrogens is 2. The van der Waals surface area contributed by atoms with E-state index in [2.05, 4.69) is 11.2 Å². The van der Waals surface area contributed by atoms with Crippen LogP contribution in [0.3, 0.4) is 0 Å². The van der Waals surface area contributed by atoms with Crippen molar-refractivity contribution in [1.29, 1.82) is 5.26 Å². The van der Waals surface area contributed by atoms with Gasteiger partial charge in [-0.25, -0.2) is 0 Å². The van der Waals surface area contributed by atoms with Crippen LogP contribution in [0.2, 0.25) is 0 Å². The first-order chi connectivity index (χ1) is 11.0. The molecule has 0 radical (unpaired) electrons. The molecule has 1 aromatic carbocycles. The number of amides is 1. The molecule has 2 aromatic rings. The van der Waals surface area contributed by atoms with Crippen molar-refractivity contribution in [3.8, 4) is 6.07 Å². The Morgan fingerprint density at radius 2 is 2.04 bits per heavy atom. The number of hydrogen-bond donors (Lipinski definition) is 0. The molecule has 1 amide bonds. The van der Waals surface area contributed by atoms with Gasteiger partial charge in [-0.3, -0.25) is 9.48 Å². The number of fused-ring (bicyclic) bond motifs is 1. The number of nitrogens with zero attached hydrogens (tertiary/aromatic N) is 4. The molecule has 0 fully saturated rings. The van der Waals surface area contributed by atoms with E-state index in [0.717, 1.165) is 28.1 Å². The Hall–Kier alpha value is -2.61. The van der Waals surface area contributed by atoms with Crippen molar-refractivity contribution in [3.05, 3.63) is 51.8 Å². The van der Waals surface area contributed by atoms with Gasteiger partial charge in [-0.1, -0.05) is 18.2 Å². The van der Waals surface area contributed by atoms with Crippen LogP contribution in [0.15, 0.2) is 18.2 Å². The summed E-state index contributed by atoms with van der Waals surface area (Å²) < 4.78 is 1.86. The summed E-state index contributed by atoms with van der Waals surface area (Å²) in [5.41, 5.74) is 5.71. The standard InChI is InChI=1S/C18H20N4O/c1-11-6-5-7-15-16(10-19)22(18(23)17(11)15)9-8-14-12(2)20-21(4)13(14)3/h5-7,16H,8-9H2,1-4H3. The number of hydrogen-bond acceptors (Lipinski definition) is 3. The van der Waals surface area contributed by atoms with E-state index in [-0.39, 0.29) is 5.91 Å². The summed E-state index contributed by atoms with van der Waals surface area (Å²) >= 11 is 0. The zero-order chi connectivity index (χ0) is 16.7. The van der Waals surface area contributed by atoms with Gasteiger partial charge in [0.15, 0.2) is 0 Å². The maximum Gasteiger partial charge on any atom is 0.255 e. The lowest BCUT2D eigenvalue weighted by molar-refractivity contribution is 0.0759. The van der Waals surface area contributed by atoms with E-state index < -0.39 is 6.04 Å². The predicted octanol–water partition coefficient (Wildman–Crippen LogP) is 2.61. The van der Waals surface area contributed by atoms with Gasteiger partial charge in [0.25, 0.3) is 5.91 Å². The molecule has 0 aliphatic carbocycles. The summed E-state index contributed by atoms with van der Waals surface area (Å²) in [6, 6.07) is 7.50. The molecule has 0 saturated carbocycles. The molecule has 1 atom stereocenters. The van der Waals surface area contributed by atoms with Crippen LogP contribution in [0.25, 0.3) is 0 Å². The summed E-state index contributed by atoms with van der Waals surface area (Å²) in [6.07, 6.45) is 0.711. The number of aryl methyl sites for hydroxylation is 3. The largest absolute Gasteiger partial charge is 0.318 e. The molecule has 5 nitrogen and oxygen atoms in total. The Labute approximate surface area is 136 Å². The van der Waals surface area contributed by atoms with E-state index in [0.29, 0.717) is 18.5 Å². The van der Waals surface area contributed by atoms with E-state index in [1.54, 1.807) is 4.90 Å². The Morgan fingerprint density at radius 1 is 1.30 bits per heavy atom. The van der Waals surface area contributed by atoms with E-state index in [1.165, 1.54) is 0 Å². The second-order valence-electron chi connectivity index (χ2n) is 6.09. The summed E-state index contributed by atoms with van der Waals surface area (Å²) in [5.74, 6) is -0.0381. The van der Waals surface area contributed by atoms with Crippen molar-refractivity contribution in [1.82, 2.24) is 14.7 Å². The molecule has 1 aromatic heterocycles. The van der Waals surface area contributed by atoms with Crippen molar-refractivity contribution in [2.75, 3.05) is 6.54 Å². The highest BCUT2D eigenvalue weighted by atomic mass is 16.2. The van der Waals surface area contributed by atoms with Gasteiger partial charge < -0.3 is 4.90 Å². The summed E-state index contributed by atoms with van der Waals surface area (Å²) in [4.78, 5) is 14.4. The van der Waals surface area contributed by atoms with Crippen molar-refractivity contribution in [2.45, 2.75) is 33.2 Å². The third-order valence-corrected chi connectivity index (χ3v) is 4.77. The first-order valence-electron chi connectivity index (χ1n) is 7.75. The highest BCUT2D eigenvalue weighted by Gasteiger charge is 2.37. The number of carbonyl (C=O) groups is 1. The van der Waals surface area contributed by atoms with Gasteiger partial charge in [-0.15, -0.1) is 0 Å². The Morgan fingerprint density at radius 3 is 2.65 bits per heavy atom. The molecule has 0 saturated heterocycles. The van der Waals surface area contributed by atoms with Gasteiger partial charge in [-0.05, 0) is 38.3 Å². The lowest BCUT2D eigenvalue weighted by atomic mass is 10.0. The van der Waals surface area contributed by atoms with Crippen molar-refractivity contribution < 1.29 is 4.79 Å². The van der Waals surface area contributed by atoms with Gasteiger partial charge >= 0.3 is 0 Å². The highest BCUT2D eigenvalue weighted by molar-refractivity contribution is 6.01. The third kappa shape index (κ3) is 2.31. The summed E-state index contributed by atoms with van der Waals surface area (Å²) in [7, 11) is 1.92. The van der Waals surface area contributed by atoms with Crippen molar-refractivity contribution in [2.24, 2.45) is 7.05 Å². The molecule has 0 spiro atoms. The van der Waals surface area contributed by atoms with E-state index >= 15 is 0 Å². The van der Waals surface area contributed by atoms with Crippen LogP contribution in [0.4, 0.5) is 0 Å². The second kappa shape index (κ2) is 5.54. The van der Waals surface area contributed by atoms with Crippen LogP contribution < -0.4 is 0 Å². The van der Waals surface area contributed by atoms with Crippen molar-refractivity contribution >= 4 is 5.91 Å². The number of rotatable bonds is 3. The molecule has 1 aliphatic heterocycles. The fourth-order valence-corrected chi connectivity index (χ4v) is 3.42. The average molecular weight is 308 g/mol. The topological polar surface area (TPSA) is 61.9 Å². The van der Waals surface area contributed by atoms with Crippen LogP contribution in [0.1, 0.15) is 44.5 Å². The third-order valence-electron chi connectivity index (χ3n) is 4.77. The van der Waals surface area contributed by atoms with Crippen LogP contribution in [0.5, 0.6) is 0 Å². The van der Waals surface area contributed by atoms with Gasteiger partial charge in [0.2, 0.25) is 0 Å². The maximum atomic E-state index is 12.7. The maximum absolute atomic E-state index is 12.7. The zero-order valence-electron chi connectivity index (χ0n) is 13.9. The molecular formula is C18H20N4O. The van der Waals surface area contributed by atoms with Gasteiger partial charge in [-0.2, -0.15) is 10.4 Å². The van der Waals surface area contributed by atoms with Crippen LogP contribution >= 0.6 is 0 Å². The monoisotopic (exact) mass is 308 g/mol. The lowest BCUT2D eigenvalue weighted by Crippen LogP contribution is -2.30. The summed E-state index contributed by atoms with van der Waals surface area (Å²) in [6.45, 7) is 6.46. The number of carbonyl (C=O) groups excluding carboxylic acids is 1. The molecule has 0 N–H and O–H groups in total. The smallest absolute Gasteiger partial charge is 0.255 e.